The van der Waals surface area contributed by atoms with Crippen LogP contribution in [0.2, 0.25) is 0 Å². The van der Waals surface area contributed by atoms with Crippen molar-refractivity contribution in [1.82, 2.24) is 5.32 Å². The molecule has 5 aliphatic rings. The van der Waals surface area contributed by atoms with Crippen molar-refractivity contribution in [2.75, 3.05) is 13.1 Å². The predicted octanol–water partition coefficient (Wildman–Crippen LogP) is 5.16. The van der Waals surface area contributed by atoms with E-state index in [1.165, 1.54) is 57.8 Å². The van der Waals surface area contributed by atoms with Gasteiger partial charge in [-0.3, -0.25) is 0 Å². The van der Waals surface area contributed by atoms with Gasteiger partial charge in [0.1, 0.15) is 0 Å². The normalized spacial score (nSPS) is 51.9. The molecule has 5 nitrogen and oxygen atoms in total. The van der Waals surface area contributed by atoms with Crippen LogP contribution in [0.15, 0.2) is 0 Å². The van der Waals surface area contributed by atoms with Gasteiger partial charge in [-0.15, -0.1) is 0 Å². The number of nitrogens with one attached hydrogen (secondary N) is 1. The summed E-state index contributed by atoms with van der Waals surface area (Å²) in [6.07, 6.45) is 12.8. The first-order valence-corrected chi connectivity index (χ1v) is 15.0. The summed E-state index contributed by atoms with van der Waals surface area (Å²) in [6.45, 7) is 11.3. The summed E-state index contributed by atoms with van der Waals surface area (Å²) in [5, 5.41) is 14.9. The third-order valence-electron chi connectivity index (χ3n) is 13.1. The maximum absolute atomic E-state index is 12.1. The Morgan fingerprint density at radius 2 is 1.69 bits per heavy atom. The number of primary amides is 1. The van der Waals surface area contributed by atoms with Gasteiger partial charge in [-0.25, -0.2) is 4.79 Å². The molecule has 0 aromatic carbocycles. The topological polar surface area (TPSA) is 101 Å². The molecule has 5 rings (SSSR count). The molecular weight excluding hydrogens is 434 g/mol. The number of rotatable bonds is 6. The smallest absolute Gasteiger partial charge is 0.312 e. The zero-order valence-corrected chi connectivity index (χ0v) is 22.8. The fourth-order valence-corrected chi connectivity index (χ4v) is 11.2. The summed E-state index contributed by atoms with van der Waals surface area (Å²) < 4.78 is 0. The Morgan fingerprint density at radius 1 is 1.00 bits per heavy atom. The van der Waals surface area contributed by atoms with E-state index in [1.54, 1.807) is 0 Å². The minimum Gasteiger partial charge on any atom is -0.393 e. The molecule has 0 aromatic rings. The van der Waals surface area contributed by atoms with Crippen LogP contribution in [-0.2, 0) is 0 Å². The summed E-state index contributed by atoms with van der Waals surface area (Å²) >= 11 is 0. The van der Waals surface area contributed by atoms with Crippen molar-refractivity contribution in [3.63, 3.8) is 0 Å². The van der Waals surface area contributed by atoms with Crippen molar-refractivity contribution in [2.24, 2.45) is 81.5 Å². The van der Waals surface area contributed by atoms with Gasteiger partial charge >= 0.3 is 6.03 Å². The molecule has 35 heavy (non-hydrogen) atoms. The molecule has 2 amide bonds. The maximum Gasteiger partial charge on any atom is 0.312 e. The van der Waals surface area contributed by atoms with Gasteiger partial charge in [-0.1, -0.05) is 34.1 Å². The first-order valence-electron chi connectivity index (χ1n) is 15.0. The molecule has 6 N–H and O–H groups in total. The Morgan fingerprint density at radius 3 is 2.34 bits per heavy atom. The third-order valence-corrected chi connectivity index (χ3v) is 13.1. The molecule has 5 heteroatoms. The fourth-order valence-electron chi connectivity index (χ4n) is 11.2. The van der Waals surface area contributed by atoms with E-state index in [2.05, 4.69) is 33.0 Å². The van der Waals surface area contributed by atoms with E-state index in [0.717, 1.165) is 30.7 Å². The lowest BCUT2D eigenvalue weighted by Gasteiger charge is -2.65. The molecular formula is C30H53N3O2. The van der Waals surface area contributed by atoms with Gasteiger partial charge in [0.05, 0.1) is 6.10 Å². The number of hydrogen-bond donors (Lipinski definition) is 4. The Labute approximate surface area is 213 Å². The lowest BCUT2D eigenvalue weighted by molar-refractivity contribution is -0.202. The molecule has 0 spiro atoms. The number of urea groups is 1. The molecule has 5 fully saturated rings. The molecule has 0 saturated heterocycles. The summed E-state index contributed by atoms with van der Waals surface area (Å²) in [7, 11) is 0. The maximum atomic E-state index is 12.1. The van der Waals surface area contributed by atoms with Gasteiger partial charge in [0.25, 0.3) is 0 Å². The van der Waals surface area contributed by atoms with Gasteiger partial charge < -0.3 is 21.9 Å². The summed E-state index contributed by atoms with van der Waals surface area (Å²) in [5.74, 6) is 6.40. The van der Waals surface area contributed by atoms with Crippen LogP contribution >= 0.6 is 0 Å². The van der Waals surface area contributed by atoms with Crippen molar-refractivity contribution in [3.05, 3.63) is 0 Å². The first-order chi connectivity index (χ1) is 16.6. The van der Waals surface area contributed by atoms with Crippen LogP contribution in [-0.4, -0.2) is 30.3 Å². The number of fused-ring (bicyclic) bond motifs is 5. The second-order valence-corrected chi connectivity index (χ2v) is 14.3. The number of carbonyl (C=O) groups excluding carboxylic acids is 1. The Balaban J connectivity index is 1.36. The van der Waals surface area contributed by atoms with E-state index in [9.17, 15) is 9.90 Å². The van der Waals surface area contributed by atoms with Crippen molar-refractivity contribution in [3.8, 4) is 0 Å². The van der Waals surface area contributed by atoms with Crippen molar-refractivity contribution < 1.29 is 9.90 Å². The van der Waals surface area contributed by atoms with E-state index in [4.69, 9.17) is 11.5 Å². The summed E-state index contributed by atoms with van der Waals surface area (Å²) in [4.78, 5) is 11.3. The minimum absolute atomic E-state index is 0.151. The second kappa shape index (κ2) is 9.49. The van der Waals surface area contributed by atoms with Crippen LogP contribution in [0.25, 0.3) is 0 Å². The largest absolute Gasteiger partial charge is 0.393 e. The molecule has 5 saturated carbocycles. The fraction of sp³-hybridized carbons (Fsp3) is 0.967. The highest BCUT2D eigenvalue weighted by Gasteiger charge is 2.65. The van der Waals surface area contributed by atoms with Crippen molar-refractivity contribution in [1.29, 1.82) is 0 Å². The van der Waals surface area contributed by atoms with E-state index < -0.39 is 6.03 Å². The Hall–Kier alpha value is -0.810. The number of hydrogen-bond acceptors (Lipinski definition) is 3. The van der Waals surface area contributed by atoms with Crippen LogP contribution < -0.4 is 16.8 Å². The summed E-state index contributed by atoms with van der Waals surface area (Å²) in [6, 6.07) is -0.413. The van der Waals surface area contributed by atoms with Crippen LogP contribution in [0.3, 0.4) is 0 Å². The Bertz CT molecular complexity index is 784. The Kier molecular flexibility index (Phi) is 7.00. The van der Waals surface area contributed by atoms with E-state index in [1.807, 2.05) is 0 Å². The average Bonchev–Trinajstić information content (AvgIpc) is 3.15. The molecule has 200 valence electrons. The van der Waals surface area contributed by atoms with Crippen LogP contribution in [0.1, 0.15) is 91.9 Å². The number of aliphatic hydroxyl groups is 1. The average molecular weight is 488 g/mol. The van der Waals surface area contributed by atoms with Crippen LogP contribution in [0.4, 0.5) is 4.79 Å². The van der Waals surface area contributed by atoms with Gasteiger partial charge in [-0.05, 0) is 134 Å². The monoisotopic (exact) mass is 487 g/mol. The molecule has 0 unspecified atom stereocenters. The molecule has 11 atom stereocenters. The SMILES string of the molecule is CC[C@H]1[C@@H](O)[C@@H]2[C@H](CC[C@]3(C)[C@@H]([C@H](C)CNC(N)=O)CC[C@@H]23)[C@@]2(C)CC[C@@H](C3CC(CN)C3)C[C@@H]12. The zero-order chi connectivity index (χ0) is 25.1. The number of aliphatic hydroxyl groups excluding tert-OH is 1. The minimum atomic E-state index is -0.413. The highest BCUT2D eigenvalue weighted by molar-refractivity contribution is 5.71. The van der Waals surface area contributed by atoms with Crippen molar-refractivity contribution in [2.45, 2.75) is 98.0 Å². The predicted molar refractivity (Wildman–Crippen MR) is 141 cm³/mol. The van der Waals surface area contributed by atoms with Crippen molar-refractivity contribution >= 4 is 6.03 Å². The lowest BCUT2D eigenvalue weighted by atomic mass is 9.40. The molecule has 0 heterocycles. The zero-order valence-electron chi connectivity index (χ0n) is 22.8. The third kappa shape index (κ3) is 4.06. The number of amides is 2. The molecule has 0 radical (unpaired) electrons. The molecule has 0 aromatic heterocycles. The number of carbonyl (C=O) groups is 1. The van der Waals surface area contributed by atoms with Gasteiger partial charge in [-0.2, -0.15) is 0 Å². The summed E-state index contributed by atoms with van der Waals surface area (Å²) in [5.41, 5.74) is 12.0. The van der Waals surface area contributed by atoms with E-state index in [0.29, 0.717) is 53.4 Å². The standard InChI is InChI=1S/C30H53N3O2/c1-5-21-25-14-19(20-12-18(13-20)15-31)8-10-30(25,4)24-9-11-29(3)22(17(2)16-33-28(32)35)6-7-23(29)26(24)27(21)34/h17-27,34H,5-16,31H2,1-4H3,(H3,32,33,35)/t17-,18?,19-,20?,21-,22-,23+,24+,25+,26+,27-,29-,30-/m1/s1. The van der Waals surface area contributed by atoms with Crippen LogP contribution in [0.5, 0.6) is 0 Å². The molecule has 0 aliphatic heterocycles. The van der Waals surface area contributed by atoms with Crippen LogP contribution in [0, 0.1) is 70.0 Å². The highest BCUT2D eigenvalue weighted by Crippen LogP contribution is 2.70. The molecule has 5 aliphatic carbocycles. The van der Waals surface area contributed by atoms with E-state index in [-0.39, 0.29) is 11.5 Å². The van der Waals surface area contributed by atoms with Gasteiger partial charge in [0, 0.05) is 6.54 Å². The highest BCUT2D eigenvalue weighted by atomic mass is 16.3. The molecule has 0 bridgehead atoms. The first kappa shape index (κ1) is 25.8. The quantitative estimate of drug-likeness (QED) is 0.416. The second-order valence-electron chi connectivity index (χ2n) is 14.3. The lowest BCUT2D eigenvalue weighted by Crippen LogP contribution is -2.62. The van der Waals surface area contributed by atoms with Gasteiger partial charge in [0.15, 0.2) is 0 Å². The van der Waals surface area contributed by atoms with Gasteiger partial charge in [0.2, 0.25) is 0 Å². The van der Waals surface area contributed by atoms with E-state index >= 15 is 0 Å². The number of nitrogens with two attached hydrogens (primary N) is 2.